The standard InChI is InChI=1S/C14H20N3O6P/c1-3-5-9-7-17(14(19)16-13(9)15)12-6-10(11(8-18)22-12)23-24(20,21)4-2/h7,10-12,18H,4,6,8H2,1-2H3,(H,20,21)(H2,15,16,19). The van der Waals surface area contributed by atoms with Crippen LogP contribution in [-0.4, -0.2) is 44.5 Å². The number of rotatable bonds is 5. The van der Waals surface area contributed by atoms with Crippen LogP contribution in [0.15, 0.2) is 11.0 Å². The summed E-state index contributed by atoms with van der Waals surface area (Å²) < 4.78 is 23.7. The number of nitrogens with zero attached hydrogens (tertiary/aromatic N) is 2. The smallest absolute Gasteiger partial charge is 0.351 e. The van der Waals surface area contributed by atoms with Crippen molar-refractivity contribution in [3.8, 4) is 11.8 Å². The van der Waals surface area contributed by atoms with Gasteiger partial charge in [0.05, 0.1) is 18.3 Å². The van der Waals surface area contributed by atoms with Crippen molar-refractivity contribution in [1.29, 1.82) is 0 Å². The third-order valence-electron chi connectivity index (χ3n) is 3.61. The molecule has 10 heteroatoms. The number of anilines is 1. The number of aliphatic hydroxyl groups is 1. The van der Waals surface area contributed by atoms with Gasteiger partial charge in [0.2, 0.25) is 0 Å². The van der Waals surface area contributed by atoms with E-state index in [4.69, 9.17) is 15.0 Å². The first-order valence-electron chi connectivity index (χ1n) is 7.39. The molecule has 0 radical (unpaired) electrons. The second-order valence-corrected chi connectivity index (χ2v) is 7.37. The predicted octanol–water partition coefficient (Wildman–Crippen LogP) is 0.0672. The first-order valence-corrected chi connectivity index (χ1v) is 9.15. The number of nitrogens with two attached hydrogens (primary N) is 1. The van der Waals surface area contributed by atoms with Gasteiger partial charge in [-0.15, -0.1) is 5.92 Å². The molecule has 0 saturated carbocycles. The molecule has 1 saturated heterocycles. The molecular formula is C14H20N3O6P. The van der Waals surface area contributed by atoms with E-state index in [-0.39, 0.29) is 18.4 Å². The molecule has 1 aliphatic heterocycles. The molecule has 2 heterocycles. The Kier molecular flexibility index (Phi) is 5.80. The van der Waals surface area contributed by atoms with Gasteiger partial charge in [0.25, 0.3) is 0 Å². The number of aliphatic hydroxyl groups excluding tert-OH is 1. The highest BCUT2D eigenvalue weighted by atomic mass is 31.2. The van der Waals surface area contributed by atoms with E-state index in [1.807, 2.05) is 0 Å². The average Bonchev–Trinajstić information content (AvgIpc) is 2.92. The normalized spacial score (nSPS) is 25.8. The van der Waals surface area contributed by atoms with Crippen molar-refractivity contribution in [3.63, 3.8) is 0 Å². The molecule has 2 rings (SSSR count). The third kappa shape index (κ3) is 4.04. The third-order valence-corrected chi connectivity index (χ3v) is 5.01. The molecule has 0 amide bonds. The van der Waals surface area contributed by atoms with Gasteiger partial charge in [0.1, 0.15) is 18.1 Å². The van der Waals surface area contributed by atoms with Gasteiger partial charge in [-0.3, -0.25) is 9.13 Å². The van der Waals surface area contributed by atoms with Gasteiger partial charge in [0, 0.05) is 18.8 Å². The zero-order chi connectivity index (χ0) is 17.9. The lowest BCUT2D eigenvalue weighted by Crippen LogP contribution is -2.29. The molecule has 1 aromatic rings. The van der Waals surface area contributed by atoms with Crippen LogP contribution in [-0.2, 0) is 13.8 Å². The number of ether oxygens (including phenoxy) is 1. The Hall–Kier alpha value is -1.69. The SMILES string of the molecule is CC#Cc1cn(C2CC(OP(=O)(O)CC)C(CO)O2)c(=O)nc1N. The highest BCUT2D eigenvalue weighted by molar-refractivity contribution is 7.52. The minimum atomic E-state index is -3.77. The van der Waals surface area contributed by atoms with Gasteiger partial charge in [-0.25, -0.2) is 4.79 Å². The van der Waals surface area contributed by atoms with Crippen molar-refractivity contribution >= 4 is 13.4 Å². The lowest BCUT2D eigenvalue weighted by atomic mass is 10.2. The Morgan fingerprint density at radius 2 is 2.33 bits per heavy atom. The van der Waals surface area contributed by atoms with Crippen LogP contribution in [0.4, 0.5) is 5.82 Å². The Morgan fingerprint density at radius 3 is 2.92 bits per heavy atom. The van der Waals surface area contributed by atoms with Gasteiger partial charge in [-0.1, -0.05) is 12.8 Å². The van der Waals surface area contributed by atoms with Crippen LogP contribution in [0.3, 0.4) is 0 Å². The fourth-order valence-electron chi connectivity index (χ4n) is 2.35. The zero-order valence-electron chi connectivity index (χ0n) is 13.4. The molecule has 4 N–H and O–H groups in total. The molecule has 0 bridgehead atoms. The van der Waals surface area contributed by atoms with Gasteiger partial charge < -0.3 is 25.0 Å². The van der Waals surface area contributed by atoms with Crippen LogP contribution in [0.2, 0.25) is 0 Å². The highest BCUT2D eigenvalue weighted by Crippen LogP contribution is 2.46. The molecule has 9 nitrogen and oxygen atoms in total. The monoisotopic (exact) mass is 357 g/mol. The predicted molar refractivity (Wildman–Crippen MR) is 86.3 cm³/mol. The fourth-order valence-corrected chi connectivity index (χ4v) is 3.14. The Morgan fingerprint density at radius 1 is 1.62 bits per heavy atom. The molecule has 132 valence electrons. The topological polar surface area (TPSA) is 137 Å². The van der Waals surface area contributed by atoms with Crippen molar-refractivity contribution in [3.05, 3.63) is 22.2 Å². The van der Waals surface area contributed by atoms with Gasteiger partial charge in [-0.05, 0) is 6.92 Å². The van der Waals surface area contributed by atoms with E-state index in [0.717, 1.165) is 0 Å². The molecule has 4 unspecified atom stereocenters. The zero-order valence-corrected chi connectivity index (χ0v) is 14.3. The minimum Gasteiger partial charge on any atom is -0.394 e. The molecule has 1 aliphatic rings. The number of hydrogen-bond acceptors (Lipinski definition) is 7. The Bertz CT molecular complexity index is 768. The summed E-state index contributed by atoms with van der Waals surface area (Å²) >= 11 is 0. The minimum absolute atomic E-state index is 0.0148. The van der Waals surface area contributed by atoms with Gasteiger partial charge in [-0.2, -0.15) is 4.98 Å². The maximum absolute atomic E-state index is 12.1. The number of hydrogen-bond donors (Lipinski definition) is 3. The van der Waals surface area contributed by atoms with Crippen molar-refractivity contribution < 1.29 is 23.8 Å². The van der Waals surface area contributed by atoms with Gasteiger partial charge in [0.15, 0.2) is 0 Å². The van der Waals surface area contributed by atoms with Gasteiger partial charge >= 0.3 is 13.3 Å². The Labute approximate surface area is 139 Å². The first kappa shape index (κ1) is 18.6. The quantitative estimate of drug-likeness (QED) is 0.497. The van der Waals surface area contributed by atoms with E-state index in [2.05, 4.69) is 16.8 Å². The molecule has 0 aromatic carbocycles. The van der Waals surface area contributed by atoms with E-state index in [1.54, 1.807) is 6.92 Å². The lowest BCUT2D eigenvalue weighted by molar-refractivity contribution is -0.0431. The second-order valence-electron chi connectivity index (χ2n) is 5.25. The van der Waals surface area contributed by atoms with Crippen LogP contribution >= 0.6 is 7.60 Å². The molecular weight excluding hydrogens is 337 g/mol. The van der Waals surface area contributed by atoms with Crippen molar-refractivity contribution in [2.75, 3.05) is 18.5 Å². The summed E-state index contributed by atoms with van der Waals surface area (Å²) in [7, 11) is -3.77. The van der Waals surface area contributed by atoms with Crippen molar-refractivity contribution in [1.82, 2.24) is 9.55 Å². The van der Waals surface area contributed by atoms with E-state index >= 15 is 0 Å². The number of nitrogen functional groups attached to an aromatic ring is 1. The highest BCUT2D eigenvalue weighted by Gasteiger charge is 2.40. The summed E-state index contributed by atoms with van der Waals surface area (Å²) in [6.45, 7) is 2.73. The maximum atomic E-state index is 12.1. The summed E-state index contributed by atoms with van der Waals surface area (Å²) in [5, 5.41) is 9.40. The largest absolute Gasteiger partial charge is 0.394 e. The summed E-state index contributed by atoms with van der Waals surface area (Å²) in [6.07, 6.45) is -0.983. The molecule has 4 atom stereocenters. The fraction of sp³-hybridized carbons (Fsp3) is 0.571. The molecule has 1 aromatic heterocycles. The van der Waals surface area contributed by atoms with Crippen LogP contribution < -0.4 is 11.4 Å². The van der Waals surface area contributed by atoms with E-state index in [0.29, 0.717) is 5.56 Å². The molecule has 1 fully saturated rings. The van der Waals surface area contributed by atoms with E-state index in [9.17, 15) is 19.4 Å². The summed E-state index contributed by atoms with van der Waals surface area (Å²) in [6, 6.07) is 0. The maximum Gasteiger partial charge on any atom is 0.351 e. The van der Waals surface area contributed by atoms with Crippen LogP contribution in [0.25, 0.3) is 0 Å². The summed E-state index contributed by atoms with van der Waals surface area (Å²) in [4.78, 5) is 25.4. The molecule has 0 aliphatic carbocycles. The van der Waals surface area contributed by atoms with Crippen LogP contribution in [0.5, 0.6) is 0 Å². The summed E-state index contributed by atoms with van der Waals surface area (Å²) in [5.41, 5.74) is 5.38. The van der Waals surface area contributed by atoms with E-state index in [1.165, 1.54) is 17.7 Å². The van der Waals surface area contributed by atoms with E-state index < -0.39 is 38.3 Å². The average molecular weight is 357 g/mol. The molecule has 0 spiro atoms. The van der Waals surface area contributed by atoms with Crippen LogP contribution in [0, 0.1) is 11.8 Å². The lowest BCUT2D eigenvalue weighted by Gasteiger charge is -2.19. The van der Waals surface area contributed by atoms with Crippen molar-refractivity contribution in [2.45, 2.75) is 38.7 Å². The number of aromatic nitrogens is 2. The second kappa shape index (κ2) is 7.47. The van der Waals surface area contributed by atoms with Crippen molar-refractivity contribution in [2.24, 2.45) is 0 Å². The summed E-state index contributed by atoms with van der Waals surface area (Å²) in [5.74, 6) is 5.42. The molecule has 24 heavy (non-hydrogen) atoms. The Balaban J connectivity index is 2.30. The van der Waals surface area contributed by atoms with Crippen LogP contribution in [0.1, 0.15) is 32.1 Å². The first-order chi connectivity index (χ1) is 11.3.